The van der Waals surface area contributed by atoms with Crippen LogP contribution in [-0.2, 0) is 4.74 Å². The molecule has 3 rings (SSSR count). The van der Waals surface area contributed by atoms with Crippen LogP contribution in [0.1, 0.15) is 40.7 Å². The van der Waals surface area contributed by atoms with E-state index in [1.54, 1.807) is 0 Å². The number of hydrogen-bond acceptors (Lipinski definition) is 5. The van der Waals surface area contributed by atoms with Crippen molar-refractivity contribution in [2.24, 2.45) is 11.8 Å². The summed E-state index contributed by atoms with van der Waals surface area (Å²) in [4.78, 5) is 15.7. The Balaban J connectivity index is 1.83. The zero-order valence-corrected chi connectivity index (χ0v) is 9.92. The van der Waals surface area contributed by atoms with Crippen LogP contribution in [0, 0.1) is 11.8 Å². The molecule has 5 heteroatoms. The lowest BCUT2D eigenvalue weighted by atomic mass is 10.1. The Kier molecular flexibility index (Phi) is 2.17. The minimum Gasteiger partial charge on any atom is -0.464 e. The first-order chi connectivity index (χ1) is 7.69. The highest BCUT2D eigenvalue weighted by Gasteiger charge is 2.47. The minimum atomic E-state index is -0.428. The number of esters is 1. The second-order valence-corrected chi connectivity index (χ2v) is 5.74. The van der Waals surface area contributed by atoms with E-state index in [2.05, 4.69) is 9.72 Å². The first kappa shape index (κ1) is 10.1. The van der Waals surface area contributed by atoms with Crippen molar-refractivity contribution in [3.63, 3.8) is 0 Å². The van der Waals surface area contributed by atoms with Crippen LogP contribution in [0.2, 0.25) is 0 Å². The summed E-state index contributed by atoms with van der Waals surface area (Å²) in [6.45, 7) is 0. The quantitative estimate of drug-likeness (QED) is 0.801. The molecule has 0 radical (unpaired) electrons. The van der Waals surface area contributed by atoms with E-state index in [-0.39, 0.29) is 0 Å². The topological polar surface area (TPSA) is 65.2 Å². The summed E-state index contributed by atoms with van der Waals surface area (Å²) in [5, 5.41) is 1.51. The van der Waals surface area contributed by atoms with E-state index in [1.165, 1.54) is 37.7 Å². The third-order valence-electron chi connectivity index (χ3n) is 3.64. The molecule has 2 atom stereocenters. The van der Waals surface area contributed by atoms with Gasteiger partial charge in [0.15, 0.2) is 5.69 Å². The molecule has 2 saturated carbocycles. The van der Waals surface area contributed by atoms with Crippen molar-refractivity contribution in [3.05, 3.63) is 10.7 Å². The molecule has 2 aliphatic carbocycles. The van der Waals surface area contributed by atoms with Gasteiger partial charge in [-0.05, 0) is 31.1 Å². The number of aromatic nitrogens is 1. The van der Waals surface area contributed by atoms with Crippen molar-refractivity contribution in [1.82, 2.24) is 4.98 Å². The molecule has 1 heterocycles. The summed E-state index contributed by atoms with van der Waals surface area (Å²) in [5.41, 5.74) is 6.08. The molecule has 2 N–H and O–H groups in total. The van der Waals surface area contributed by atoms with Crippen molar-refractivity contribution in [3.8, 4) is 0 Å². The average molecular weight is 238 g/mol. The van der Waals surface area contributed by atoms with Crippen molar-refractivity contribution < 1.29 is 9.53 Å². The van der Waals surface area contributed by atoms with Gasteiger partial charge < -0.3 is 10.5 Å². The fourth-order valence-corrected chi connectivity index (χ4v) is 3.63. The number of nitrogen functional groups attached to an aromatic ring is 1. The predicted octanol–water partition coefficient (Wildman–Crippen LogP) is 2.03. The highest BCUT2D eigenvalue weighted by Crippen LogP contribution is 2.58. The van der Waals surface area contributed by atoms with Crippen molar-refractivity contribution in [2.45, 2.75) is 25.2 Å². The van der Waals surface area contributed by atoms with E-state index in [1.807, 2.05) is 0 Å². The number of carbonyl (C=O) groups is 1. The molecule has 1 aromatic heterocycles. The lowest BCUT2D eigenvalue weighted by Gasteiger charge is -2.06. The molecule has 2 unspecified atom stereocenters. The van der Waals surface area contributed by atoms with Gasteiger partial charge in [0.1, 0.15) is 5.00 Å². The van der Waals surface area contributed by atoms with Crippen molar-refractivity contribution in [1.29, 1.82) is 0 Å². The Morgan fingerprint density at radius 3 is 2.75 bits per heavy atom. The normalized spacial score (nSPS) is 31.2. The lowest BCUT2D eigenvalue weighted by Crippen LogP contribution is -2.05. The molecule has 2 fully saturated rings. The zero-order chi connectivity index (χ0) is 11.3. The summed E-state index contributed by atoms with van der Waals surface area (Å²) in [6, 6.07) is 0. The zero-order valence-electron chi connectivity index (χ0n) is 9.10. The molecule has 0 spiro atoms. The Labute approximate surface area is 97.8 Å². The van der Waals surface area contributed by atoms with Crippen molar-refractivity contribution >= 4 is 22.3 Å². The van der Waals surface area contributed by atoms with Gasteiger partial charge in [-0.15, -0.1) is 11.3 Å². The molecule has 0 amide bonds. The molecular weight excluding hydrogens is 224 g/mol. The smallest absolute Gasteiger partial charge is 0.359 e. The standard InChI is InChI=1S/C11H14N2O2S/c1-15-11(14)8-9(12)16-10(13-8)7-3-5-2-6(5)4-7/h5-7H,2-4,12H2,1H3. The summed E-state index contributed by atoms with van der Waals surface area (Å²) in [6.07, 6.45) is 3.83. The monoisotopic (exact) mass is 238 g/mol. The fourth-order valence-electron chi connectivity index (χ4n) is 2.68. The van der Waals surface area contributed by atoms with E-state index in [9.17, 15) is 4.79 Å². The number of fused-ring (bicyclic) bond motifs is 1. The van der Waals surface area contributed by atoms with Crippen molar-refractivity contribution in [2.75, 3.05) is 12.8 Å². The third kappa shape index (κ3) is 1.50. The SMILES string of the molecule is COC(=O)c1nc(C2CC3CC3C2)sc1N. The molecule has 0 aliphatic heterocycles. The van der Waals surface area contributed by atoms with E-state index in [4.69, 9.17) is 5.73 Å². The molecule has 2 aliphatic rings. The predicted molar refractivity (Wildman–Crippen MR) is 61.4 cm³/mol. The van der Waals surface area contributed by atoms with Crippen LogP contribution in [-0.4, -0.2) is 18.1 Å². The molecule has 0 bridgehead atoms. The van der Waals surface area contributed by atoms with Crippen LogP contribution in [0.25, 0.3) is 0 Å². The van der Waals surface area contributed by atoms with Gasteiger partial charge >= 0.3 is 5.97 Å². The van der Waals surface area contributed by atoms with Gasteiger partial charge in [-0.3, -0.25) is 0 Å². The number of rotatable bonds is 2. The molecule has 86 valence electrons. The van der Waals surface area contributed by atoms with Crippen LogP contribution in [0.4, 0.5) is 5.00 Å². The summed E-state index contributed by atoms with van der Waals surface area (Å²) >= 11 is 1.44. The number of methoxy groups -OCH3 is 1. The minimum absolute atomic E-state index is 0.295. The van der Waals surface area contributed by atoms with Gasteiger partial charge in [-0.1, -0.05) is 0 Å². The van der Waals surface area contributed by atoms with E-state index >= 15 is 0 Å². The third-order valence-corrected chi connectivity index (χ3v) is 4.69. The number of nitrogens with two attached hydrogens (primary N) is 1. The van der Waals surface area contributed by atoms with Gasteiger partial charge in [0, 0.05) is 5.92 Å². The molecular formula is C11H14N2O2S. The maximum absolute atomic E-state index is 11.4. The van der Waals surface area contributed by atoms with Gasteiger partial charge in [0.2, 0.25) is 0 Å². The molecule has 4 nitrogen and oxygen atoms in total. The fraction of sp³-hybridized carbons (Fsp3) is 0.636. The van der Waals surface area contributed by atoms with E-state index in [0.29, 0.717) is 16.6 Å². The highest BCUT2D eigenvalue weighted by molar-refractivity contribution is 7.16. The van der Waals surface area contributed by atoms with E-state index in [0.717, 1.165) is 16.8 Å². The number of thiazole rings is 1. The maximum Gasteiger partial charge on any atom is 0.359 e. The number of carbonyl (C=O) groups excluding carboxylic acids is 1. The van der Waals surface area contributed by atoms with Crippen LogP contribution in [0.3, 0.4) is 0 Å². The maximum atomic E-state index is 11.4. The molecule has 0 saturated heterocycles. The van der Waals surface area contributed by atoms with Gasteiger partial charge in [0.05, 0.1) is 12.1 Å². The summed E-state index contributed by atoms with van der Waals surface area (Å²) in [7, 11) is 1.35. The first-order valence-corrected chi connectivity index (χ1v) is 6.35. The van der Waals surface area contributed by atoms with Crippen LogP contribution >= 0.6 is 11.3 Å². The van der Waals surface area contributed by atoms with Crippen LogP contribution in [0.15, 0.2) is 0 Å². The molecule has 1 aromatic rings. The second kappa shape index (κ2) is 3.45. The average Bonchev–Trinajstić information content (AvgIpc) is 2.74. The Morgan fingerprint density at radius 2 is 2.12 bits per heavy atom. The van der Waals surface area contributed by atoms with E-state index < -0.39 is 5.97 Å². The number of hydrogen-bond donors (Lipinski definition) is 1. The Hall–Kier alpha value is -1.10. The number of ether oxygens (including phenoxy) is 1. The number of anilines is 1. The first-order valence-electron chi connectivity index (χ1n) is 5.53. The van der Waals surface area contributed by atoms with Gasteiger partial charge in [-0.25, -0.2) is 9.78 Å². The van der Waals surface area contributed by atoms with Crippen LogP contribution in [0.5, 0.6) is 0 Å². The lowest BCUT2D eigenvalue weighted by molar-refractivity contribution is 0.0596. The summed E-state index contributed by atoms with van der Waals surface area (Å²) < 4.78 is 4.65. The van der Waals surface area contributed by atoms with Gasteiger partial charge in [0.25, 0.3) is 0 Å². The molecule has 16 heavy (non-hydrogen) atoms. The second-order valence-electron chi connectivity index (χ2n) is 4.68. The van der Waals surface area contributed by atoms with Gasteiger partial charge in [-0.2, -0.15) is 0 Å². The highest BCUT2D eigenvalue weighted by atomic mass is 32.1. The van der Waals surface area contributed by atoms with Crippen LogP contribution < -0.4 is 5.73 Å². The largest absolute Gasteiger partial charge is 0.464 e. The summed E-state index contributed by atoms with van der Waals surface area (Å²) in [5.74, 6) is 1.92. The Bertz CT molecular complexity index is 433. The Morgan fingerprint density at radius 1 is 1.44 bits per heavy atom. The molecule has 0 aromatic carbocycles. The number of nitrogens with zero attached hydrogens (tertiary/aromatic N) is 1.